The van der Waals surface area contributed by atoms with E-state index in [-0.39, 0.29) is 12.2 Å². The summed E-state index contributed by atoms with van der Waals surface area (Å²) in [5.74, 6) is 0.256. The highest BCUT2D eigenvalue weighted by atomic mass is 16.5. The van der Waals surface area contributed by atoms with E-state index in [1.54, 1.807) is 24.4 Å². The highest BCUT2D eigenvalue weighted by Crippen LogP contribution is 2.23. The summed E-state index contributed by atoms with van der Waals surface area (Å²) in [5.41, 5.74) is 12.4. The Kier molecular flexibility index (Phi) is 4.05. The monoisotopic (exact) mass is 273 g/mol. The number of primary amides is 1. The first-order chi connectivity index (χ1) is 9.61. The second kappa shape index (κ2) is 5.92. The number of nitrogens with two attached hydrogens (primary N) is 2. The van der Waals surface area contributed by atoms with Crippen LogP contribution in [-0.4, -0.2) is 18.0 Å². The Balaban J connectivity index is 2.21. The number of ether oxygens (including phenoxy) is 2. The molecule has 1 amide bonds. The Morgan fingerprint density at radius 2 is 2.15 bits per heavy atom. The standard InChI is InChI=1S/C14H15N3O3/c1-19-14-9(3-2-6-17-14)8-20-12-5-4-10(15)7-11(12)13(16)18/h2-7H,8,15H2,1H3,(H2,16,18). The summed E-state index contributed by atoms with van der Waals surface area (Å²) in [6, 6.07) is 8.34. The fourth-order valence-corrected chi connectivity index (χ4v) is 1.74. The molecule has 2 rings (SSSR count). The molecule has 104 valence electrons. The number of nitrogen functional groups attached to an aromatic ring is 1. The molecule has 6 heteroatoms. The molecule has 0 spiro atoms. The lowest BCUT2D eigenvalue weighted by atomic mass is 10.1. The largest absolute Gasteiger partial charge is 0.488 e. The Morgan fingerprint density at radius 1 is 1.35 bits per heavy atom. The minimum absolute atomic E-state index is 0.210. The summed E-state index contributed by atoms with van der Waals surface area (Å²) in [6.07, 6.45) is 1.63. The van der Waals surface area contributed by atoms with Crippen molar-refractivity contribution in [3.8, 4) is 11.6 Å². The zero-order valence-corrected chi connectivity index (χ0v) is 11.0. The van der Waals surface area contributed by atoms with Gasteiger partial charge in [0.05, 0.1) is 18.2 Å². The second-order valence-corrected chi connectivity index (χ2v) is 4.08. The van der Waals surface area contributed by atoms with Crippen molar-refractivity contribution in [2.24, 2.45) is 5.73 Å². The van der Waals surface area contributed by atoms with Crippen LogP contribution in [0.1, 0.15) is 15.9 Å². The van der Waals surface area contributed by atoms with E-state index in [0.29, 0.717) is 17.3 Å². The summed E-state index contributed by atoms with van der Waals surface area (Å²) in [5, 5.41) is 0. The van der Waals surface area contributed by atoms with Crippen LogP contribution in [0.2, 0.25) is 0 Å². The summed E-state index contributed by atoms with van der Waals surface area (Å²) in [4.78, 5) is 15.4. The van der Waals surface area contributed by atoms with Crippen LogP contribution in [0, 0.1) is 0 Å². The molecule has 0 aliphatic heterocycles. The zero-order valence-electron chi connectivity index (χ0n) is 11.0. The lowest BCUT2D eigenvalue weighted by molar-refractivity contribution is 0.0996. The van der Waals surface area contributed by atoms with Gasteiger partial charge >= 0.3 is 0 Å². The number of carbonyl (C=O) groups excluding carboxylic acids is 1. The van der Waals surface area contributed by atoms with Gasteiger partial charge in [0, 0.05) is 11.9 Å². The van der Waals surface area contributed by atoms with Gasteiger partial charge in [-0.25, -0.2) is 4.98 Å². The molecule has 1 aromatic heterocycles. The van der Waals surface area contributed by atoms with E-state index in [9.17, 15) is 4.79 Å². The van der Waals surface area contributed by atoms with Gasteiger partial charge in [0.2, 0.25) is 5.88 Å². The number of aromatic nitrogens is 1. The van der Waals surface area contributed by atoms with Gasteiger partial charge in [-0.2, -0.15) is 0 Å². The molecule has 1 aromatic carbocycles. The Bertz CT molecular complexity index is 629. The number of pyridine rings is 1. The Morgan fingerprint density at radius 3 is 2.85 bits per heavy atom. The van der Waals surface area contributed by atoms with Crippen molar-refractivity contribution < 1.29 is 14.3 Å². The number of amides is 1. The SMILES string of the molecule is COc1ncccc1COc1ccc(N)cc1C(N)=O. The fraction of sp³-hybridized carbons (Fsp3) is 0.143. The number of hydrogen-bond acceptors (Lipinski definition) is 5. The molecule has 0 atom stereocenters. The minimum Gasteiger partial charge on any atom is -0.488 e. The molecule has 0 aliphatic rings. The van der Waals surface area contributed by atoms with Gasteiger partial charge in [-0.05, 0) is 30.3 Å². The number of rotatable bonds is 5. The number of anilines is 1. The fourth-order valence-electron chi connectivity index (χ4n) is 1.74. The van der Waals surface area contributed by atoms with Crippen LogP contribution in [0.3, 0.4) is 0 Å². The Labute approximate surface area is 116 Å². The molecule has 0 aliphatic carbocycles. The third-order valence-electron chi connectivity index (χ3n) is 2.70. The highest BCUT2D eigenvalue weighted by molar-refractivity contribution is 5.96. The average Bonchev–Trinajstić information content (AvgIpc) is 2.46. The molecule has 0 radical (unpaired) electrons. The smallest absolute Gasteiger partial charge is 0.252 e. The highest BCUT2D eigenvalue weighted by Gasteiger charge is 2.11. The molecule has 0 unspecified atom stereocenters. The van der Waals surface area contributed by atoms with Crippen LogP contribution in [0.4, 0.5) is 5.69 Å². The van der Waals surface area contributed by atoms with Crippen molar-refractivity contribution in [1.82, 2.24) is 4.98 Å². The van der Waals surface area contributed by atoms with E-state index in [1.807, 2.05) is 6.07 Å². The first kappa shape index (κ1) is 13.7. The van der Waals surface area contributed by atoms with Gasteiger partial charge < -0.3 is 20.9 Å². The van der Waals surface area contributed by atoms with Gasteiger partial charge in [-0.3, -0.25) is 4.79 Å². The number of benzene rings is 1. The number of nitrogens with zero attached hydrogens (tertiary/aromatic N) is 1. The summed E-state index contributed by atoms with van der Waals surface area (Å²) in [7, 11) is 1.53. The number of carbonyl (C=O) groups is 1. The molecule has 0 bridgehead atoms. The van der Waals surface area contributed by atoms with Crippen LogP contribution in [0.5, 0.6) is 11.6 Å². The van der Waals surface area contributed by atoms with E-state index >= 15 is 0 Å². The third-order valence-corrected chi connectivity index (χ3v) is 2.70. The predicted molar refractivity (Wildman–Crippen MR) is 74.5 cm³/mol. The van der Waals surface area contributed by atoms with Crippen LogP contribution in [0.15, 0.2) is 36.5 Å². The van der Waals surface area contributed by atoms with Gasteiger partial charge in [-0.15, -0.1) is 0 Å². The molecule has 6 nitrogen and oxygen atoms in total. The lowest BCUT2D eigenvalue weighted by Gasteiger charge is -2.11. The first-order valence-electron chi connectivity index (χ1n) is 5.92. The summed E-state index contributed by atoms with van der Waals surface area (Å²) in [6.45, 7) is 0.210. The molecule has 4 N–H and O–H groups in total. The van der Waals surface area contributed by atoms with E-state index in [4.69, 9.17) is 20.9 Å². The second-order valence-electron chi connectivity index (χ2n) is 4.08. The molecule has 20 heavy (non-hydrogen) atoms. The molecule has 0 saturated heterocycles. The van der Waals surface area contributed by atoms with Crippen molar-refractivity contribution >= 4 is 11.6 Å². The third kappa shape index (κ3) is 2.97. The molecule has 1 heterocycles. The van der Waals surface area contributed by atoms with Crippen molar-refractivity contribution in [2.45, 2.75) is 6.61 Å². The maximum absolute atomic E-state index is 11.4. The van der Waals surface area contributed by atoms with Crippen LogP contribution < -0.4 is 20.9 Å². The quantitative estimate of drug-likeness (QED) is 0.801. The van der Waals surface area contributed by atoms with Gasteiger partial charge in [-0.1, -0.05) is 0 Å². The van der Waals surface area contributed by atoms with Gasteiger partial charge in [0.25, 0.3) is 5.91 Å². The van der Waals surface area contributed by atoms with E-state index < -0.39 is 5.91 Å². The minimum atomic E-state index is -0.592. The van der Waals surface area contributed by atoms with Crippen LogP contribution in [0.25, 0.3) is 0 Å². The molecule has 0 saturated carbocycles. The predicted octanol–water partition coefficient (Wildman–Crippen LogP) is 1.35. The van der Waals surface area contributed by atoms with Crippen LogP contribution in [-0.2, 0) is 6.61 Å². The maximum atomic E-state index is 11.4. The van der Waals surface area contributed by atoms with Crippen LogP contribution >= 0.6 is 0 Å². The zero-order chi connectivity index (χ0) is 14.5. The van der Waals surface area contributed by atoms with E-state index in [2.05, 4.69) is 4.98 Å². The van der Waals surface area contributed by atoms with Gasteiger partial charge in [0.1, 0.15) is 12.4 Å². The van der Waals surface area contributed by atoms with E-state index in [0.717, 1.165) is 5.56 Å². The molecule has 0 fully saturated rings. The van der Waals surface area contributed by atoms with Crippen molar-refractivity contribution in [3.63, 3.8) is 0 Å². The first-order valence-corrected chi connectivity index (χ1v) is 5.92. The number of hydrogen-bond donors (Lipinski definition) is 2. The van der Waals surface area contributed by atoms with Crippen molar-refractivity contribution in [3.05, 3.63) is 47.7 Å². The molecular weight excluding hydrogens is 258 g/mol. The topological polar surface area (TPSA) is 100 Å². The normalized spacial score (nSPS) is 10.1. The van der Waals surface area contributed by atoms with Crippen molar-refractivity contribution in [2.75, 3.05) is 12.8 Å². The van der Waals surface area contributed by atoms with Gasteiger partial charge in [0.15, 0.2) is 0 Å². The summed E-state index contributed by atoms with van der Waals surface area (Å²) < 4.78 is 10.7. The molecule has 2 aromatic rings. The number of methoxy groups -OCH3 is 1. The van der Waals surface area contributed by atoms with E-state index in [1.165, 1.54) is 13.2 Å². The van der Waals surface area contributed by atoms with Crippen molar-refractivity contribution in [1.29, 1.82) is 0 Å². The molecular formula is C14H15N3O3. The lowest BCUT2D eigenvalue weighted by Crippen LogP contribution is -2.13. The summed E-state index contributed by atoms with van der Waals surface area (Å²) >= 11 is 0. The Hall–Kier alpha value is -2.76. The average molecular weight is 273 g/mol. The maximum Gasteiger partial charge on any atom is 0.252 e.